The second-order valence-corrected chi connectivity index (χ2v) is 12.0. The van der Waals surface area contributed by atoms with Crippen LogP contribution in [-0.4, -0.2) is 80.7 Å². The number of nitrogens with zero attached hydrogens (tertiary/aromatic N) is 1. The maximum atomic E-state index is 13.8. The van der Waals surface area contributed by atoms with Crippen LogP contribution in [-0.2, 0) is 44.5 Å². The number of ether oxygens (including phenoxy) is 6. The molecule has 1 aromatic carbocycles. The van der Waals surface area contributed by atoms with E-state index in [9.17, 15) is 29.1 Å². The van der Waals surface area contributed by atoms with E-state index in [1.807, 2.05) is 13.8 Å². The number of carbonyl (C=O) groups excluding carboxylic acids is 5. The zero-order valence-corrected chi connectivity index (χ0v) is 29.7. The molecule has 0 fully saturated rings. The van der Waals surface area contributed by atoms with Crippen molar-refractivity contribution in [3.8, 4) is 17.2 Å². The molecule has 1 heterocycles. The molecule has 1 aromatic rings. The van der Waals surface area contributed by atoms with Crippen LogP contribution in [0.1, 0.15) is 60.5 Å². The number of amides is 3. The topological polar surface area (TPSA) is 190 Å². The quantitative estimate of drug-likeness (QED) is 0.245. The van der Waals surface area contributed by atoms with Gasteiger partial charge in [-0.1, -0.05) is 38.2 Å². The van der Waals surface area contributed by atoms with Crippen LogP contribution in [0.15, 0.2) is 41.5 Å². The van der Waals surface area contributed by atoms with Gasteiger partial charge >= 0.3 is 18.0 Å². The summed E-state index contributed by atoms with van der Waals surface area (Å²) in [5.74, 6) is -4.08. The van der Waals surface area contributed by atoms with Crippen LogP contribution in [0.2, 0.25) is 0 Å². The molecule has 270 valence electrons. The molecule has 2 bridgehead atoms. The van der Waals surface area contributed by atoms with Gasteiger partial charge in [0.25, 0.3) is 5.91 Å². The smallest absolute Gasteiger partial charge is 0.405 e. The van der Waals surface area contributed by atoms with Crippen LogP contribution >= 0.6 is 0 Å². The molecule has 3 N–H and O–H groups in total. The third kappa shape index (κ3) is 10.6. The Kier molecular flexibility index (Phi) is 15.0. The summed E-state index contributed by atoms with van der Waals surface area (Å²) in [5, 5.41) is 11.6. The molecule has 3 amide bonds. The van der Waals surface area contributed by atoms with Gasteiger partial charge in [-0.15, -0.1) is 0 Å². The van der Waals surface area contributed by atoms with Gasteiger partial charge in [0.15, 0.2) is 17.6 Å². The van der Waals surface area contributed by atoms with E-state index < -0.39 is 65.9 Å². The van der Waals surface area contributed by atoms with E-state index in [4.69, 9.17) is 34.2 Å². The SMILES string of the molecule is COc1c(OC(C)=O)cc2c(O)c1C[C@@H](C)C[C@H](OC)[C@H](OC(C)=O)[C@@H](C)/C=C(\C)[C@H](OC(N)=O)[C@@H](OC)/C=C\C=C(/C)C(=O)N2C(C)=O. The number of imide groups is 1. The van der Waals surface area contributed by atoms with E-state index in [0.29, 0.717) is 5.57 Å². The molecule has 1 aliphatic heterocycles. The second kappa shape index (κ2) is 18.2. The summed E-state index contributed by atoms with van der Waals surface area (Å²) in [5.41, 5.74) is 5.96. The zero-order valence-electron chi connectivity index (χ0n) is 29.7. The van der Waals surface area contributed by atoms with Gasteiger partial charge in [0.05, 0.1) is 18.9 Å². The number of fused-ring (bicyclic) bond motifs is 2. The van der Waals surface area contributed by atoms with E-state index >= 15 is 0 Å². The molecule has 0 aromatic heterocycles. The Labute approximate surface area is 286 Å². The van der Waals surface area contributed by atoms with Crippen LogP contribution in [0.5, 0.6) is 17.2 Å². The average molecular weight is 689 g/mol. The normalized spacial score (nSPS) is 26.7. The maximum absolute atomic E-state index is 13.8. The van der Waals surface area contributed by atoms with Crippen molar-refractivity contribution < 1.29 is 57.5 Å². The van der Waals surface area contributed by atoms with Crippen molar-refractivity contribution in [3.05, 3.63) is 47.1 Å². The predicted molar refractivity (Wildman–Crippen MR) is 179 cm³/mol. The van der Waals surface area contributed by atoms with E-state index in [0.717, 1.165) is 11.8 Å². The number of primary amides is 1. The summed E-state index contributed by atoms with van der Waals surface area (Å²) in [6.45, 7) is 10.4. The molecule has 1 aliphatic rings. The zero-order chi connectivity index (χ0) is 37.2. The van der Waals surface area contributed by atoms with Crippen LogP contribution in [0.3, 0.4) is 0 Å². The van der Waals surface area contributed by atoms with E-state index in [-0.39, 0.29) is 47.1 Å². The Morgan fingerprint density at radius 2 is 1.63 bits per heavy atom. The highest BCUT2D eigenvalue weighted by atomic mass is 16.6. The third-order valence-corrected chi connectivity index (χ3v) is 7.96. The van der Waals surface area contributed by atoms with Gasteiger partial charge in [0, 0.05) is 58.1 Å². The van der Waals surface area contributed by atoms with Crippen LogP contribution in [0, 0.1) is 11.8 Å². The largest absolute Gasteiger partial charge is 0.505 e. The summed E-state index contributed by atoms with van der Waals surface area (Å²) < 4.78 is 33.7. The Morgan fingerprint density at radius 3 is 2.14 bits per heavy atom. The lowest BCUT2D eigenvalue weighted by atomic mass is 9.87. The summed E-state index contributed by atoms with van der Waals surface area (Å²) in [6, 6.07) is 1.19. The van der Waals surface area contributed by atoms with Crippen LogP contribution in [0.25, 0.3) is 0 Å². The lowest BCUT2D eigenvalue weighted by Gasteiger charge is -2.32. The van der Waals surface area contributed by atoms with Crippen LogP contribution < -0.4 is 20.1 Å². The fourth-order valence-corrected chi connectivity index (χ4v) is 5.82. The molecule has 0 spiro atoms. The van der Waals surface area contributed by atoms with Gasteiger partial charge in [-0.05, 0) is 38.2 Å². The maximum Gasteiger partial charge on any atom is 0.405 e. The number of rotatable bonds is 6. The highest BCUT2D eigenvalue weighted by molar-refractivity contribution is 6.21. The van der Waals surface area contributed by atoms with Gasteiger partial charge in [-0.25, -0.2) is 9.69 Å². The van der Waals surface area contributed by atoms with Gasteiger partial charge in [-0.3, -0.25) is 19.2 Å². The van der Waals surface area contributed by atoms with Gasteiger partial charge < -0.3 is 39.3 Å². The van der Waals surface area contributed by atoms with Gasteiger partial charge in [0.1, 0.15) is 18.0 Å². The Morgan fingerprint density at radius 1 is 0.980 bits per heavy atom. The first kappa shape index (κ1) is 40.5. The number of phenols is 1. The first-order chi connectivity index (χ1) is 23.0. The standard InChI is InChI=1S/C35H48N2O12/c1-18-14-25-30(41)26(17-29(33(25)46-10)47-23(6)39)37(22(5)38)34(42)19(2)12-11-13-27(44-8)31(49-35(36)43)20(3)16-21(4)32(48-24(7)40)28(15-18)45-9/h11-13,16-18,21,27-28,31-32,41H,14-15H2,1-10H3,(H2,36,43)/b13-11-,19-12+,20-16+/t18-,21+,27+,28+,31+,32-/m1/s1. The summed E-state index contributed by atoms with van der Waals surface area (Å²) in [6.07, 6.45) is 2.13. The van der Waals surface area contributed by atoms with Crippen LogP contribution in [0.4, 0.5) is 10.5 Å². The lowest BCUT2D eigenvalue weighted by molar-refractivity contribution is -0.157. The highest BCUT2D eigenvalue weighted by Crippen LogP contribution is 2.46. The summed E-state index contributed by atoms with van der Waals surface area (Å²) in [7, 11) is 4.20. The monoisotopic (exact) mass is 688 g/mol. The summed E-state index contributed by atoms with van der Waals surface area (Å²) in [4.78, 5) is 63.9. The number of esters is 2. The molecule has 0 saturated carbocycles. The number of benzene rings is 1. The number of nitrogens with two attached hydrogens (primary N) is 1. The number of anilines is 1. The first-order valence-corrected chi connectivity index (χ1v) is 15.7. The second-order valence-electron chi connectivity index (χ2n) is 12.0. The van der Waals surface area contributed by atoms with E-state index in [1.54, 1.807) is 13.0 Å². The van der Waals surface area contributed by atoms with Gasteiger partial charge in [-0.2, -0.15) is 0 Å². The number of hydrogen-bond acceptors (Lipinski definition) is 12. The average Bonchev–Trinajstić information content (AvgIpc) is 3.00. The fraction of sp³-hybridized carbons (Fsp3) is 0.514. The molecule has 0 unspecified atom stereocenters. The Balaban J connectivity index is 2.96. The van der Waals surface area contributed by atoms with Crippen molar-refractivity contribution in [3.63, 3.8) is 0 Å². The molecule has 0 aliphatic carbocycles. The number of phenolic OH excluding ortho intramolecular Hbond substituents is 1. The highest BCUT2D eigenvalue weighted by Gasteiger charge is 2.34. The van der Waals surface area contributed by atoms with Gasteiger partial charge in [0.2, 0.25) is 5.91 Å². The number of aromatic hydroxyl groups is 1. The first-order valence-electron chi connectivity index (χ1n) is 15.7. The molecule has 49 heavy (non-hydrogen) atoms. The molecule has 14 nitrogen and oxygen atoms in total. The summed E-state index contributed by atoms with van der Waals surface area (Å²) >= 11 is 0. The van der Waals surface area contributed by atoms with E-state index in [2.05, 4.69) is 0 Å². The lowest BCUT2D eigenvalue weighted by Crippen LogP contribution is -2.39. The number of carbonyl (C=O) groups is 5. The fourth-order valence-electron chi connectivity index (χ4n) is 5.82. The Hall–Kier alpha value is -4.69. The molecule has 0 saturated heterocycles. The minimum atomic E-state index is -1.05. The third-order valence-electron chi connectivity index (χ3n) is 7.96. The van der Waals surface area contributed by atoms with Crippen molar-refractivity contribution in [2.75, 3.05) is 26.2 Å². The molecule has 0 radical (unpaired) electrons. The molecular weight excluding hydrogens is 640 g/mol. The molecule has 14 heteroatoms. The predicted octanol–water partition coefficient (Wildman–Crippen LogP) is 4.30. The number of allylic oxidation sites excluding steroid dienone is 2. The number of methoxy groups -OCH3 is 3. The minimum absolute atomic E-state index is 0.0314. The van der Waals surface area contributed by atoms with Crippen molar-refractivity contribution in [1.82, 2.24) is 0 Å². The Bertz CT molecular complexity index is 1500. The van der Waals surface area contributed by atoms with E-state index in [1.165, 1.54) is 66.4 Å². The van der Waals surface area contributed by atoms with Crippen molar-refractivity contribution in [2.45, 2.75) is 85.7 Å². The molecular formula is C35H48N2O12. The van der Waals surface area contributed by atoms with Crippen molar-refractivity contribution in [2.24, 2.45) is 17.6 Å². The minimum Gasteiger partial charge on any atom is -0.505 e. The number of hydrogen-bond donors (Lipinski definition) is 2. The van der Waals surface area contributed by atoms with Crippen molar-refractivity contribution in [1.29, 1.82) is 0 Å². The molecule has 2 rings (SSSR count). The molecule has 6 atom stereocenters. The van der Waals surface area contributed by atoms with Crippen molar-refractivity contribution >= 4 is 35.5 Å².